The average Bonchev–Trinajstić information content (AvgIpc) is 3.06. The first-order chi connectivity index (χ1) is 15.3. The standard InChI is InChI=1S/C28H36FNOS/c1-19(2)30-25-8-6-5-7-24(25)27(21-10-12-22(29)13-11-21)26(30)14-9-20-17-23(15-16-32)31-28(3,4)18-20/h5-8,10-13,19-20,23,32H,9,14-18H2,1-4H3. The van der Waals surface area contributed by atoms with Crippen molar-refractivity contribution in [1.29, 1.82) is 0 Å². The van der Waals surface area contributed by atoms with Crippen LogP contribution in [0.25, 0.3) is 22.0 Å². The van der Waals surface area contributed by atoms with Crippen LogP contribution in [0.3, 0.4) is 0 Å². The fraction of sp³-hybridized carbons (Fsp3) is 0.500. The van der Waals surface area contributed by atoms with Gasteiger partial charge < -0.3 is 9.30 Å². The second-order valence-corrected chi connectivity index (χ2v) is 10.6. The summed E-state index contributed by atoms with van der Waals surface area (Å²) in [5, 5.41) is 1.25. The highest BCUT2D eigenvalue weighted by Gasteiger charge is 2.34. The third-order valence-electron chi connectivity index (χ3n) is 6.76. The molecule has 0 N–H and O–H groups in total. The number of hydrogen-bond acceptors (Lipinski definition) is 2. The molecule has 0 radical (unpaired) electrons. The Balaban J connectivity index is 1.72. The minimum atomic E-state index is -0.192. The highest BCUT2D eigenvalue weighted by Crippen LogP contribution is 2.40. The molecule has 2 heterocycles. The molecule has 32 heavy (non-hydrogen) atoms. The van der Waals surface area contributed by atoms with Crippen LogP contribution < -0.4 is 0 Å². The van der Waals surface area contributed by atoms with Crippen molar-refractivity contribution in [2.24, 2.45) is 5.92 Å². The minimum Gasteiger partial charge on any atom is -0.372 e. The lowest BCUT2D eigenvalue weighted by Crippen LogP contribution is -2.40. The van der Waals surface area contributed by atoms with Crippen LogP contribution in [0.5, 0.6) is 0 Å². The normalized spacial score (nSPS) is 20.8. The summed E-state index contributed by atoms with van der Waals surface area (Å²) in [6, 6.07) is 16.0. The Labute approximate surface area is 197 Å². The van der Waals surface area contributed by atoms with Gasteiger partial charge in [-0.1, -0.05) is 30.3 Å². The number of aromatic nitrogens is 1. The zero-order chi connectivity index (χ0) is 22.9. The zero-order valence-electron chi connectivity index (χ0n) is 19.8. The third-order valence-corrected chi connectivity index (χ3v) is 7.02. The molecule has 3 aromatic rings. The Kier molecular flexibility index (Phi) is 7.02. The molecule has 2 atom stereocenters. The molecule has 1 aliphatic heterocycles. The molecule has 1 fully saturated rings. The van der Waals surface area contributed by atoms with E-state index in [1.807, 2.05) is 12.1 Å². The van der Waals surface area contributed by atoms with Crippen LogP contribution in [0.4, 0.5) is 4.39 Å². The topological polar surface area (TPSA) is 14.2 Å². The van der Waals surface area contributed by atoms with E-state index in [0.717, 1.165) is 43.4 Å². The van der Waals surface area contributed by atoms with Gasteiger partial charge in [0.05, 0.1) is 11.7 Å². The minimum absolute atomic E-state index is 0.0823. The summed E-state index contributed by atoms with van der Waals surface area (Å²) >= 11 is 4.44. The first kappa shape index (κ1) is 23.4. The molecule has 1 saturated heterocycles. The molecule has 4 heteroatoms. The van der Waals surface area contributed by atoms with Gasteiger partial charge in [-0.15, -0.1) is 0 Å². The van der Waals surface area contributed by atoms with E-state index in [0.29, 0.717) is 18.1 Å². The van der Waals surface area contributed by atoms with Crippen LogP contribution in [-0.4, -0.2) is 22.0 Å². The smallest absolute Gasteiger partial charge is 0.123 e. The molecule has 1 aromatic heterocycles. The van der Waals surface area contributed by atoms with Crippen LogP contribution in [0.15, 0.2) is 48.5 Å². The van der Waals surface area contributed by atoms with E-state index in [1.54, 1.807) is 12.1 Å². The number of hydrogen-bond donors (Lipinski definition) is 1. The Morgan fingerprint density at radius 1 is 1.09 bits per heavy atom. The van der Waals surface area contributed by atoms with E-state index in [9.17, 15) is 4.39 Å². The number of halogens is 1. The van der Waals surface area contributed by atoms with E-state index in [-0.39, 0.29) is 11.4 Å². The molecule has 0 aliphatic carbocycles. The molecule has 2 aromatic carbocycles. The average molecular weight is 454 g/mol. The number of para-hydroxylation sites is 1. The largest absolute Gasteiger partial charge is 0.372 e. The number of ether oxygens (including phenoxy) is 1. The van der Waals surface area contributed by atoms with Gasteiger partial charge >= 0.3 is 0 Å². The summed E-state index contributed by atoms with van der Waals surface area (Å²) in [6.45, 7) is 8.95. The summed E-state index contributed by atoms with van der Waals surface area (Å²) < 4.78 is 22.5. The van der Waals surface area contributed by atoms with Crippen molar-refractivity contribution in [3.8, 4) is 11.1 Å². The van der Waals surface area contributed by atoms with E-state index in [1.165, 1.54) is 22.2 Å². The van der Waals surface area contributed by atoms with Gasteiger partial charge in [0.15, 0.2) is 0 Å². The van der Waals surface area contributed by atoms with E-state index in [4.69, 9.17) is 4.74 Å². The molecule has 1 aliphatic rings. The SMILES string of the molecule is CC(C)n1c(CCC2CC(CCS)OC(C)(C)C2)c(-c2ccc(F)cc2)c2ccccc21. The van der Waals surface area contributed by atoms with Gasteiger partial charge in [0, 0.05) is 28.2 Å². The highest BCUT2D eigenvalue weighted by atomic mass is 32.1. The maximum absolute atomic E-state index is 13.7. The van der Waals surface area contributed by atoms with Gasteiger partial charge in [-0.05, 0) is 95.2 Å². The van der Waals surface area contributed by atoms with E-state index in [2.05, 4.69) is 69.2 Å². The van der Waals surface area contributed by atoms with Crippen molar-refractivity contribution in [2.75, 3.05) is 5.75 Å². The highest BCUT2D eigenvalue weighted by molar-refractivity contribution is 7.80. The van der Waals surface area contributed by atoms with Crippen LogP contribution in [0.2, 0.25) is 0 Å². The van der Waals surface area contributed by atoms with Crippen LogP contribution in [0.1, 0.15) is 65.1 Å². The maximum Gasteiger partial charge on any atom is 0.123 e. The molecular formula is C28H36FNOS. The monoisotopic (exact) mass is 453 g/mol. The Bertz CT molecular complexity index is 1050. The quantitative estimate of drug-likeness (QED) is 0.360. The molecular weight excluding hydrogens is 417 g/mol. The molecule has 0 bridgehead atoms. The van der Waals surface area contributed by atoms with Crippen molar-refractivity contribution in [3.63, 3.8) is 0 Å². The molecule has 2 unspecified atom stereocenters. The molecule has 0 amide bonds. The van der Waals surface area contributed by atoms with Crippen LogP contribution in [-0.2, 0) is 11.2 Å². The first-order valence-corrected chi connectivity index (χ1v) is 12.6. The Hall–Kier alpha value is -1.78. The fourth-order valence-corrected chi connectivity index (χ4v) is 5.96. The molecule has 172 valence electrons. The van der Waals surface area contributed by atoms with Crippen molar-refractivity contribution < 1.29 is 9.13 Å². The van der Waals surface area contributed by atoms with Gasteiger partial charge in [0.1, 0.15) is 5.82 Å². The van der Waals surface area contributed by atoms with Crippen molar-refractivity contribution in [3.05, 3.63) is 60.0 Å². The zero-order valence-corrected chi connectivity index (χ0v) is 20.7. The predicted octanol–water partition coefficient (Wildman–Crippen LogP) is 7.85. The van der Waals surface area contributed by atoms with E-state index >= 15 is 0 Å². The van der Waals surface area contributed by atoms with Crippen molar-refractivity contribution in [2.45, 2.75) is 77.5 Å². The third kappa shape index (κ3) is 4.92. The lowest BCUT2D eigenvalue weighted by Gasteiger charge is -2.41. The number of rotatable bonds is 7. The van der Waals surface area contributed by atoms with Gasteiger partial charge in [0.25, 0.3) is 0 Å². The molecule has 0 spiro atoms. The second kappa shape index (κ2) is 9.61. The molecule has 2 nitrogen and oxygen atoms in total. The lowest BCUT2D eigenvalue weighted by molar-refractivity contribution is -0.126. The lowest BCUT2D eigenvalue weighted by atomic mass is 9.81. The summed E-state index contributed by atoms with van der Waals surface area (Å²) in [7, 11) is 0. The molecule has 4 rings (SSSR count). The van der Waals surface area contributed by atoms with Crippen LogP contribution >= 0.6 is 12.6 Å². The van der Waals surface area contributed by atoms with Gasteiger partial charge in [-0.2, -0.15) is 12.6 Å². The number of nitrogens with zero attached hydrogens (tertiary/aromatic N) is 1. The summed E-state index contributed by atoms with van der Waals surface area (Å²) in [6.07, 6.45) is 5.65. The second-order valence-electron chi connectivity index (χ2n) is 10.2. The first-order valence-electron chi connectivity index (χ1n) is 12.0. The summed E-state index contributed by atoms with van der Waals surface area (Å²) in [5.41, 5.74) is 4.89. The van der Waals surface area contributed by atoms with E-state index < -0.39 is 0 Å². The molecule has 0 saturated carbocycles. The van der Waals surface area contributed by atoms with Crippen molar-refractivity contribution in [1.82, 2.24) is 4.57 Å². The Morgan fingerprint density at radius 2 is 1.81 bits per heavy atom. The number of fused-ring (bicyclic) bond motifs is 1. The Morgan fingerprint density at radius 3 is 2.50 bits per heavy atom. The predicted molar refractivity (Wildman–Crippen MR) is 136 cm³/mol. The van der Waals surface area contributed by atoms with Gasteiger partial charge in [-0.25, -0.2) is 4.39 Å². The maximum atomic E-state index is 13.7. The van der Waals surface area contributed by atoms with Crippen LogP contribution in [0, 0.1) is 11.7 Å². The number of thiol groups is 1. The van der Waals surface area contributed by atoms with Gasteiger partial charge in [0.2, 0.25) is 0 Å². The summed E-state index contributed by atoms with van der Waals surface area (Å²) in [4.78, 5) is 0. The van der Waals surface area contributed by atoms with Gasteiger partial charge in [-0.3, -0.25) is 0 Å². The number of benzene rings is 2. The summed E-state index contributed by atoms with van der Waals surface area (Å²) in [5.74, 6) is 1.30. The van der Waals surface area contributed by atoms with Crippen molar-refractivity contribution >= 4 is 23.5 Å². The fourth-order valence-electron chi connectivity index (χ4n) is 5.67.